The summed E-state index contributed by atoms with van der Waals surface area (Å²) >= 11 is 0. The highest BCUT2D eigenvalue weighted by Gasteiger charge is 2.05. The molecule has 216 valence electrons. The monoisotopic (exact) mass is 532 g/mol. The van der Waals surface area contributed by atoms with Gasteiger partial charge in [-0.25, -0.2) is 0 Å². The zero-order valence-electron chi connectivity index (χ0n) is 23.6. The molecule has 0 spiro atoms. The second-order valence-electron chi connectivity index (χ2n) is 10.8. The topological polar surface area (TPSA) is 142 Å². The standard InChI is InChI=1S/C14H31O6P.2C5H14NO/c1-2-3-4-5-6-7-8-9-10-11-19-12-14(15)13-20-21(16,17)18;2*1-6(2,3)4-5-7/h14-15H,2-13H2,1H3,(H2,16,17,18);2*7H,4-5H2,1-3H3/q;2*+1/p-2. The molecule has 0 saturated heterocycles. The molecule has 0 radical (unpaired) electrons. The Bertz CT molecular complexity index is 463. The molecule has 0 aromatic rings. The van der Waals surface area contributed by atoms with Crippen molar-refractivity contribution in [3.8, 4) is 0 Å². The van der Waals surface area contributed by atoms with Crippen LogP contribution in [0.25, 0.3) is 0 Å². The van der Waals surface area contributed by atoms with Gasteiger partial charge in [-0.15, -0.1) is 0 Å². The lowest BCUT2D eigenvalue weighted by Crippen LogP contribution is -2.36. The third-order valence-corrected chi connectivity index (χ3v) is 5.13. The molecule has 1 atom stereocenters. The first kappa shape index (κ1) is 39.4. The van der Waals surface area contributed by atoms with Crippen molar-refractivity contribution in [3.63, 3.8) is 0 Å². The van der Waals surface area contributed by atoms with Gasteiger partial charge in [0.15, 0.2) is 0 Å². The average Bonchev–Trinajstić information content (AvgIpc) is 2.69. The van der Waals surface area contributed by atoms with E-state index in [-0.39, 0.29) is 19.8 Å². The molecule has 0 fully saturated rings. The fourth-order valence-electron chi connectivity index (χ4n) is 2.56. The first-order valence-electron chi connectivity index (χ1n) is 12.8. The fraction of sp³-hybridized carbons (Fsp3) is 1.00. The van der Waals surface area contributed by atoms with Gasteiger partial charge in [-0.2, -0.15) is 0 Å². The van der Waals surface area contributed by atoms with E-state index < -0.39 is 20.5 Å². The Morgan fingerprint density at radius 2 is 1.14 bits per heavy atom. The van der Waals surface area contributed by atoms with Crippen LogP contribution in [0.1, 0.15) is 64.7 Å². The lowest BCUT2D eigenvalue weighted by atomic mass is 10.1. The van der Waals surface area contributed by atoms with Gasteiger partial charge in [-0.05, 0) is 6.42 Å². The number of aliphatic hydroxyl groups is 3. The first-order valence-corrected chi connectivity index (χ1v) is 14.3. The quantitative estimate of drug-likeness (QED) is 0.128. The highest BCUT2D eigenvalue weighted by Crippen LogP contribution is 2.24. The number of rotatable bonds is 19. The van der Waals surface area contributed by atoms with Crippen LogP contribution in [-0.2, 0) is 13.8 Å². The Kier molecular flexibility index (Phi) is 27.3. The summed E-state index contributed by atoms with van der Waals surface area (Å²) in [4.78, 5) is 20.4. The van der Waals surface area contributed by atoms with Gasteiger partial charge in [0.1, 0.15) is 19.2 Å². The van der Waals surface area contributed by atoms with E-state index >= 15 is 0 Å². The molecular formula is C24H57N2O8P. The van der Waals surface area contributed by atoms with Crippen molar-refractivity contribution < 1.29 is 47.9 Å². The van der Waals surface area contributed by atoms with Gasteiger partial charge in [-0.3, -0.25) is 0 Å². The highest BCUT2D eigenvalue weighted by molar-refractivity contribution is 7.43. The van der Waals surface area contributed by atoms with Crippen LogP contribution in [0.5, 0.6) is 0 Å². The smallest absolute Gasteiger partial charge is 0.101 e. The van der Waals surface area contributed by atoms with Crippen LogP contribution in [0.2, 0.25) is 0 Å². The van der Waals surface area contributed by atoms with E-state index in [1.165, 1.54) is 44.9 Å². The molecule has 0 heterocycles. The van der Waals surface area contributed by atoms with E-state index in [1.807, 2.05) is 0 Å². The van der Waals surface area contributed by atoms with Crippen molar-refractivity contribution in [2.24, 2.45) is 0 Å². The van der Waals surface area contributed by atoms with Gasteiger partial charge in [0, 0.05) is 6.61 Å². The maximum absolute atomic E-state index is 10.2. The molecule has 0 aliphatic rings. The van der Waals surface area contributed by atoms with E-state index in [0.717, 1.165) is 34.9 Å². The Labute approximate surface area is 215 Å². The third-order valence-electron chi connectivity index (χ3n) is 4.67. The second-order valence-corrected chi connectivity index (χ2v) is 11.9. The molecule has 0 rings (SSSR count). The van der Waals surface area contributed by atoms with Gasteiger partial charge >= 0.3 is 0 Å². The van der Waals surface area contributed by atoms with Crippen LogP contribution < -0.4 is 9.79 Å². The SMILES string of the molecule is CCCCCCCCCCCOCC(O)COP(=O)([O-])[O-].C[N+](C)(C)CCO.C[N+](C)(C)CCO. The third kappa shape index (κ3) is 47.6. The largest absolute Gasteiger partial charge is 0.790 e. The summed E-state index contributed by atoms with van der Waals surface area (Å²) in [6.45, 7) is 4.41. The fourth-order valence-corrected chi connectivity index (χ4v) is 2.91. The first-order chi connectivity index (χ1) is 16.1. The second kappa shape index (κ2) is 24.2. The number of quaternary nitrogens is 2. The maximum Gasteiger partial charge on any atom is 0.101 e. The molecule has 0 amide bonds. The Balaban J connectivity index is -0.000000594. The number of ether oxygens (including phenoxy) is 1. The number of likely N-dealkylation sites (N-methyl/N-ethyl adjacent to an activating group) is 2. The zero-order valence-corrected chi connectivity index (χ0v) is 24.5. The summed E-state index contributed by atoms with van der Waals surface area (Å²) in [5.41, 5.74) is 0. The molecule has 35 heavy (non-hydrogen) atoms. The van der Waals surface area contributed by atoms with Crippen LogP contribution in [0.3, 0.4) is 0 Å². The number of unbranched alkanes of at least 4 members (excludes halogenated alkanes) is 8. The van der Waals surface area contributed by atoms with Crippen molar-refractivity contribution in [3.05, 3.63) is 0 Å². The van der Waals surface area contributed by atoms with Crippen LogP contribution in [-0.4, -0.2) is 119 Å². The van der Waals surface area contributed by atoms with E-state index in [2.05, 4.69) is 53.7 Å². The molecule has 0 aliphatic heterocycles. The maximum atomic E-state index is 10.2. The normalized spacial score (nSPS) is 12.9. The molecular weight excluding hydrogens is 475 g/mol. The Morgan fingerprint density at radius 1 is 0.743 bits per heavy atom. The van der Waals surface area contributed by atoms with Crippen LogP contribution >= 0.6 is 7.82 Å². The minimum atomic E-state index is -5.00. The number of nitrogens with zero attached hydrogens (tertiary/aromatic N) is 2. The summed E-state index contributed by atoms with van der Waals surface area (Å²) < 4.78 is 21.0. The predicted molar refractivity (Wildman–Crippen MR) is 138 cm³/mol. The summed E-state index contributed by atoms with van der Waals surface area (Å²) in [6, 6.07) is 0. The van der Waals surface area contributed by atoms with E-state index in [4.69, 9.17) is 14.9 Å². The minimum Gasteiger partial charge on any atom is -0.790 e. The van der Waals surface area contributed by atoms with Crippen LogP contribution in [0.15, 0.2) is 0 Å². The van der Waals surface area contributed by atoms with Crippen molar-refractivity contribution in [2.75, 3.05) is 88.4 Å². The minimum absolute atomic E-state index is 0.0168. The lowest BCUT2D eigenvalue weighted by molar-refractivity contribution is -0.870. The molecule has 0 aliphatic carbocycles. The molecule has 1 unspecified atom stereocenters. The number of phosphoric ester groups is 1. The highest BCUT2D eigenvalue weighted by atomic mass is 31.2. The van der Waals surface area contributed by atoms with Gasteiger partial charge in [-0.1, -0.05) is 58.3 Å². The van der Waals surface area contributed by atoms with Gasteiger partial charge in [0.05, 0.1) is 76.5 Å². The number of aliphatic hydroxyl groups excluding tert-OH is 3. The lowest BCUT2D eigenvalue weighted by Gasteiger charge is -2.29. The number of hydrogen-bond donors (Lipinski definition) is 3. The molecule has 10 nitrogen and oxygen atoms in total. The Morgan fingerprint density at radius 3 is 1.46 bits per heavy atom. The average molecular weight is 533 g/mol. The van der Waals surface area contributed by atoms with Crippen molar-refractivity contribution >= 4 is 7.82 Å². The number of hydrogen-bond acceptors (Lipinski definition) is 8. The molecule has 3 N–H and O–H groups in total. The Hall–Kier alpha value is -0.130. The van der Waals surface area contributed by atoms with E-state index in [0.29, 0.717) is 6.61 Å². The summed E-state index contributed by atoms with van der Waals surface area (Å²) in [7, 11) is 7.31. The molecule has 0 aromatic heterocycles. The van der Waals surface area contributed by atoms with Crippen molar-refractivity contribution in [1.82, 2.24) is 0 Å². The molecule has 0 saturated carbocycles. The van der Waals surface area contributed by atoms with Gasteiger partial charge in [0.25, 0.3) is 0 Å². The van der Waals surface area contributed by atoms with Crippen LogP contribution in [0, 0.1) is 0 Å². The van der Waals surface area contributed by atoms with E-state index in [1.54, 1.807) is 0 Å². The van der Waals surface area contributed by atoms with Crippen molar-refractivity contribution in [1.29, 1.82) is 0 Å². The van der Waals surface area contributed by atoms with Crippen LogP contribution in [0.4, 0.5) is 0 Å². The summed E-state index contributed by atoms with van der Waals surface area (Å²) in [6.07, 6.45) is 9.92. The zero-order chi connectivity index (χ0) is 27.8. The molecule has 11 heteroatoms. The summed E-state index contributed by atoms with van der Waals surface area (Å²) in [5.74, 6) is 0. The van der Waals surface area contributed by atoms with Gasteiger partial charge in [0.2, 0.25) is 0 Å². The molecule has 0 aromatic carbocycles. The number of phosphoric acid groups is 1. The molecule has 0 bridgehead atoms. The van der Waals surface area contributed by atoms with Gasteiger partial charge < -0.3 is 47.9 Å². The summed E-state index contributed by atoms with van der Waals surface area (Å²) in [5, 5.41) is 26.1. The van der Waals surface area contributed by atoms with E-state index in [9.17, 15) is 19.5 Å². The predicted octanol–water partition coefficient (Wildman–Crippen LogP) is 1.11. The van der Waals surface area contributed by atoms with Crippen molar-refractivity contribution in [2.45, 2.75) is 70.8 Å².